The zero-order valence-corrected chi connectivity index (χ0v) is 23.5. The zero-order valence-electron chi connectivity index (χ0n) is 22.6. The third-order valence-corrected chi connectivity index (χ3v) is 9.24. The molecule has 208 valence electrons. The minimum absolute atomic E-state index is 0.0636. The average molecular weight is 557 g/mol. The van der Waals surface area contributed by atoms with E-state index in [1.165, 1.54) is 18.2 Å². The van der Waals surface area contributed by atoms with Gasteiger partial charge in [0.2, 0.25) is 0 Å². The van der Waals surface area contributed by atoms with Crippen LogP contribution < -0.4 is 0 Å². The topological polar surface area (TPSA) is 128 Å². The van der Waals surface area contributed by atoms with Crippen molar-refractivity contribution in [2.24, 2.45) is 5.41 Å². The first-order valence-corrected chi connectivity index (χ1v) is 14.1. The number of hydrogen-bond acceptors (Lipinski definition) is 8. The lowest BCUT2D eigenvalue weighted by molar-refractivity contribution is -0.384. The smallest absolute Gasteiger partial charge is 0.360 e. The molecule has 2 aromatic rings. The van der Waals surface area contributed by atoms with Gasteiger partial charge in [-0.25, -0.2) is 4.79 Å². The molecule has 1 fully saturated rings. The van der Waals surface area contributed by atoms with Crippen molar-refractivity contribution in [3.63, 3.8) is 0 Å². The predicted octanol–water partition coefficient (Wildman–Crippen LogP) is 6.24. The van der Waals surface area contributed by atoms with E-state index in [1.54, 1.807) is 31.9 Å². The van der Waals surface area contributed by atoms with Crippen molar-refractivity contribution in [2.45, 2.75) is 39.7 Å². The summed E-state index contributed by atoms with van der Waals surface area (Å²) in [6.07, 6.45) is -0.435. The SMILES string of the molecule is CO[C@@H](CN1C(C)=C(C(=O)O)[C@H](c2cccc([N+](=O)[O-])c2)C(P2(=O)OCC(C)(C)CO2)=C1C)c1ccccc1. The standard InChI is InChI=1S/C28H33N2O8P/c1-18-24(27(31)32)25(21-12-9-13-22(14-21)30(33)34)26(39(35)37-16-28(3,4)17-38-39)19(2)29(18)15-23(36-5)20-10-7-6-8-11-20/h6-14,23,25H,15-17H2,1-5H3,(H,31,32)/t23-,25-/m0/s1. The van der Waals surface area contributed by atoms with Crippen LogP contribution in [0.15, 0.2) is 76.9 Å². The maximum atomic E-state index is 14.4. The number of carboxylic acids is 1. The summed E-state index contributed by atoms with van der Waals surface area (Å²) in [5, 5.41) is 22.2. The van der Waals surface area contributed by atoms with Crippen LogP contribution in [-0.2, 0) is 23.1 Å². The van der Waals surface area contributed by atoms with Gasteiger partial charge in [-0.2, -0.15) is 0 Å². The Bertz CT molecular complexity index is 1370. The number of allylic oxidation sites excluding steroid dienone is 3. The van der Waals surface area contributed by atoms with E-state index in [-0.39, 0.29) is 36.3 Å². The van der Waals surface area contributed by atoms with Crippen LogP contribution in [0.25, 0.3) is 0 Å². The summed E-state index contributed by atoms with van der Waals surface area (Å²) in [6.45, 7) is 7.75. The fourth-order valence-corrected chi connectivity index (χ4v) is 7.53. The van der Waals surface area contributed by atoms with Gasteiger partial charge in [-0.3, -0.25) is 14.7 Å². The van der Waals surface area contributed by atoms with Crippen LogP contribution in [0.1, 0.15) is 50.8 Å². The Morgan fingerprint density at radius 3 is 2.36 bits per heavy atom. The molecule has 4 rings (SSSR count). The number of aliphatic carboxylic acids is 1. The number of carbonyl (C=O) groups is 1. The number of ether oxygens (including phenoxy) is 1. The van der Waals surface area contributed by atoms with Crippen molar-refractivity contribution in [3.8, 4) is 0 Å². The molecule has 0 aliphatic carbocycles. The number of benzene rings is 2. The number of rotatable bonds is 8. The Morgan fingerprint density at radius 1 is 1.15 bits per heavy atom. The van der Waals surface area contributed by atoms with Gasteiger partial charge in [0.1, 0.15) is 0 Å². The van der Waals surface area contributed by atoms with Crippen molar-refractivity contribution in [3.05, 3.63) is 98.1 Å². The molecule has 0 amide bonds. The van der Waals surface area contributed by atoms with Gasteiger partial charge in [-0.05, 0) is 25.0 Å². The number of nitro groups is 1. The Morgan fingerprint density at radius 2 is 1.79 bits per heavy atom. The van der Waals surface area contributed by atoms with Gasteiger partial charge in [0, 0.05) is 36.1 Å². The number of hydrogen-bond donors (Lipinski definition) is 1. The van der Waals surface area contributed by atoms with E-state index in [4.69, 9.17) is 13.8 Å². The van der Waals surface area contributed by atoms with Crippen molar-refractivity contribution in [1.29, 1.82) is 0 Å². The molecule has 1 saturated heterocycles. The Balaban J connectivity index is 1.92. The maximum absolute atomic E-state index is 14.4. The Hall–Kier alpha value is -3.30. The first-order chi connectivity index (χ1) is 18.4. The van der Waals surface area contributed by atoms with Crippen LogP contribution in [0.4, 0.5) is 5.69 Å². The lowest BCUT2D eigenvalue weighted by Crippen LogP contribution is -2.37. The van der Waals surface area contributed by atoms with E-state index in [9.17, 15) is 24.6 Å². The second-order valence-electron chi connectivity index (χ2n) is 10.5. The van der Waals surface area contributed by atoms with E-state index in [0.29, 0.717) is 17.0 Å². The largest absolute Gasteiger partial charge is 0.478 e. The molecule has 0 unspecified atom stereocenters. The molecule has 0 spiro atoms. The highest BCUT2D eigenvalue weighted by Gasteiger charge is 2.49. The van der Waals surface area contributed by atoms with E-state index >= 15 is 0 Å². The monoisotopic (exact) mass is 556 g/mol. The highest BCUT2D eigenvalue weighted by Crippen LogP contribution is 2.67. The fraction of sp³-hybridized carbons (Fsp3) is 0.393. The van der Waals surface area contributed by atoms with Gasteiger partial charge in [0.05, 0.1) is 47.6 Å². The van der Waals surface area contributed by atoms with Gasteiger partial charge < -0.3 is 23.8 Å². The van der Waals surface area contributed by atoms with Crippen LogP contribution in [0, 0.1) is 15.5 Å². The summed E-state index contributed by atoms with van der Waals surface area (Å²) in [4.78, 5) is 25.6. The third kappa shape index (κ3) is 5.70. The molecular formula is C28H33N2O8P. The number of methoxy groups -OCH3 is 1. The molecule has 2 aliphatic rings. The quantitative estimate of drug-likeness (QED) is 0.228. The summed E-state index contributed by atoms with van der Waals surface area (Å²) < 4.78 is 32.0. The summed E-state index contributed by atoms with van der Waals surface area (Å²) in [5.74, 6) is -2.33. The van der Waals surface area contributed by atoms with Crippen LogP contribution >= 0.6 is 7.60 Å². The van der Waals surface area contributed by atoms with E-state index in [0.717, 1.165) is 5.56 Å². The molecule has 39 heavy (non-hydrogen) atoms. The van der Waals surface area contributed by atoms with Crippen LogP contribution in [0.3, 0.4) is 0 Å². The molecule has 11 heteroatoms. The zero-order chi connectivity index (χ0) is 28.5. The molecule has 2 aromatic carbocycles. The predicted molar refractivity (Wildman–Crippen MR) is 145 cm³/mol. The second kappa shape index (κ2) is 11.1. The Kier molecular flexibility index (Phi) is 8.14. The lowest BCUT2D eigenvalue weighted by Gasteiger charge is -2.43. The van der Waals surface area contributed by atoms with Crippen molar-refractivity contribution in [1.82, 2.24) is 4.90 Å². The van der Waals surface area contributed by atoms with Crippen LogP contribution in [0.2, 0.25) is 0 Å². The van der Waals surface area contributed by atoms with Gasteiger partial charge in [0.15, 0.2) is 0 Å². The van der Waals surface area contributed by atoms with Crippen molar-refractivity contribution in [2.75, 3.05) is 26.9 Å². The summed E-state index contributed by atoms with van der Waals surface area (Å²) in [7, 11) is -2.45. The molecule has 1 N–H and O–H groups in total. The highest BCUT2D eigenvalue weighted by molar-refractivity contribution is 7.58. The molecule has 0 radical (unpaired) electrons. The van der Waals surface area contributed by atoms with Crippen LogP contribution in [-0.4, -0.2) is 47.8 Å². The molecule has 0 saturated carbocycles. The summed E-state index contributed by atoms with van der Waals surface area (Å²) in [5.41, 5.74) is 1.44. The number of nitrogens with zero attached hydrogens (tertiary/aromatic N) is 2. The second-order valence-corrected chi connectivity index (χ2v) is 12.5. The minimum Gasteiger partial charge on any atom is -0.478 e. The Labute approximate surface area is 227 Å². The molecule has 0 bridgehead atoms. The van der Waals surface area contributed by atoms with Gasteiger partial charge >= 0.3 is 13.6 Å². The molecular weight excluding hydrogens is 523 g/mol. The number of carboxylic acid groups (broad SMARTS) is 1. The highest BCUT2D eigenvalue weighted by atomic mass is 31.2. The molecule has 0 aromatic heterocycles. The number of nitro benzene ring substituents is 1. The van der Waals surface area contributed by atoms with E-state index in [2.05, 4.69) is 0 Å². The minimum atomic E-state index is -4.02. The van der Waals surface area contributed by atoms with Crippen molar-refractivity contribution >= 4 is 19.3 Å². The lowest BCUT2D eigenvalue weighted by atomic mass is 9.85. The molecule has 2 aliphatic heterocycles. The molecule has 2 heterocycles. The first kappa shape index (κ1) is 28.7. The maximum Gasteiger partial charge on any atom is 0.360 e. The van der Waals surface area contributed by atoms with Gasteiger partial charge in [-0.1, -0.05) is 56.3 Å². The first-order valence-electron chi connectivity index (χ1n) is 12.5. The average Bonchev–Trinajstić information content (AvgIpc) is 2.90. The van der Waals surface area contributed by atoms with Gasteiger partial charge in [0.25, 0.3) is 5.69 Å². The van der Waals surface area contributed by atoms with Crippen LogP contribution in [0.5, 0.6) is 0 Å². The fourth-order valence-electron chi connectivity index (χ4n) is 5.03. The summed E-state index contributed by atoms with van der Waals surface area (Å²) >= 11 is 0. The molecule has 2 atom stereocenters. The third-order valence-electron chi connectivity index (χ3n) is 7.13. The van der Waals surface area contributed by atoms with Crippen molar-refractivity contribution < 1.29 is 33.2 Å². The van der Waals surface area contributed by atoms with E-state index < -0.39 is 35.9 Å². The molecule has 10 nitrogen and oxygen atoms in total. The number of non-ortho nitro benzene ring substituents is 1. The van der Waals surface area contributed by atoms with Gasteiger partial charge in [-0.15, -0.1) is 0 Å². The normalized spacial score (nSPS) is 21.6. The van der Waals surface area contributed by atoms with E-state index in [1.807, 2.05) is 44.2 Å². The summed E-state index contributed by atoms with van der Waals surface area (Å²) in [6, 6.07) is 15.2.